The lowest BCUT2D eigenvalue weighted by Crippen LogP contribution is -2.30. The summed E-state index contributed by atoms with van der Waals surface area (Å²) in [5.41, 5.74) is 4.93. The van der Waals surface area contributed by atoms with E-state index in [1.165, 1.54) is 0 Å². The van der Waals surface area contributed by atoms with Crippen LogP contribution in [-0.4, -0.2) is 14.2 Å². The molecule has 5 rings (SSSR count). The van der Waals surface area contributed by atoms with Gasteiger partial charge in [0.15, 0.2) is 0 Å². The van der Waals surface area contributed by atoms with Gasteiger partial charge in [-0.2, -0.15) is 21.0 Å². The van der Waals surface area contributed by atoms with Gasteiger partial charge in [0.25, 0.3) is 0 Å². The van der Waals surface area contributed by atoms with Crippen molar-refractivity contribution in [3.63, 3.8) is 0 Å². The van der Waals surface area contributed by atoms with Crippen LogP contribution in [0, 0.1) is 45.3 Å². The minimum atomic E-state index is -0.448. The van der Waals surface area contributed by atoms with E-state index in [0.29, 0.717) is 32.3 Å². The lowest BCUT2D eigenvalue weighted by atomic mass is 9.62. The molecular weight excluding hydrogens is 552 g/mol. The molecule has 0 aromatic heterocycles. The SMILES string of the molecule is COc1ccc2c(c1)C(C)(C)c1cc(OC)ccc1C2c1c(C#N)c(C#N)cc2c(Br)c(C#N)c(C#N)cc12. The fourth-order valence-corrected chi connectivity index (χ4v) is 6.40. The first-order chi connectivity index (χ1) is 18.7. The molecule has 4 aromatic rings. The lowest BCUT2D eigenvalue weighted by Gasteiger charge is -2.40. The van der Waals surface area contributed by atoms with Crippen molar-refractivity contribution in [2.24, 2.45) is 0 Å². The summed E-state index contributed by atoms with van der Waals surface area (Å²) in [6.45, 7) is 4.27. The smallest absolute Gasteiger partial charge is 0.119 e. The molecule has 0 unspecified atom stereocenters. The summed E-state index contributed by atoms with van der Waals surface area (Å²) in [6.07, 6.45) is 0. The Morgan fingerprint density at radius 1 is 0.692 bits per heavy atom. The summed E-state index contributed by atoms with van der Waals surface area (Å²) in [5.74, 6) is 0.962. The standard InChI is InChI=1S/C32H21BrN4O2/c1-32(2)27-11-19(38-3)5-7-21(27)29(22-8-6-20(39-4)12-28(22)32)30-23-9-18(14-35)26(16-37)31(33)24(23)10-17(13-34)25(30)15-36/h5-12,29H,1-4H3. The zero-order chi connectivity index (χ0) is 28.1. The van der Waals surface area contributed by atoms with E-state index in [0.717, 1.165) is 22.3 Å². The normalized spacial score (nSPS) is 13.3. The van der Waals surface area contributed by atoms with Gasteiger partial charge in [-0.15, -0.1) is 0 Å². The van der Waals surface area contributed by atoms with Crippen molar-refractivity contribution in [1.29, 1.82) is 21.0 Å². The zero-order valence-corrected chi connectivity index (χ0v) is 23.3. The Labute approximate surface area is 235 Å². The number of nitrogens with zero attached hydrogens (tertiary/aromatic N) is 4. The van der Waals surface area contributed by atoms with Crippen LogP contribution in [0.5, 0.6) is 11.5 Å². The number of nitriles is 4. The molecule has 4 aromatic carbocycles. The molecule has 0 atom stereocenters. The minimum Gasteiger partial charge on any atom is -0.497 e. The van der Waals surface area contributed by atoms with Gasteiger partial charge in [-0.3, -0.25) is 0 Å². The molecule has 0 aliphatic heterocycles. The average molecular weight is 573 g/mol. The summed E-state index contributed by atoms with van der Waals surface area (Å²) < 4.78 is 11.6. The predicted octanol–water partition coefficient (Wildman–Crippen LogP) is 6.93. The van der Waals surface area contributed by atoms with Gasteiger partial charge in [-0.1, -0.05) is 26.0 Å². The zero-order valence-electron chi connectivity index (χ0n) is 21.7. The van der Waals surface area contributed by atoms with E-state index in [-0.39, 0.29) is 22.3 Å². The topological polar surface area (TPSA) is 114 Å². The third kappa shape index (κ3) is 3.72. The van der Waals surface area contributed by atoms with Crippen LogP contribution >= 0.6 is 15.9 Å². The Balaban J connectivity index is 2.03. The van der Waals surface area contributed by atoms with Crippen molar-refractivity contribution in [2.75, 3.05) is 14.2 Å². The number of rotatable bonds is 3. The van der Waals surface area contributed by atoms with Crippen LogP contribution in [0.3, 0.4) is 0 Å². The van der Waals surface area contributed by atoms with E-state index in [9.17, 15) is 21.0 Å². The number of benzene rings is 4. The summed E-state index contributed by atoms with van der Waals surface area (Å²) in [5, 5.41) is 41.4. The molecule has 6 nitrogen and oxygen atoms in total. The van der Waals surface area contributed by atoms with Crippen molar-refractivity contribution in [3.05, 3.63) is 103 Å². The van der Waals surface area contributed by atoms with E-state index in [1.807, 2.05) is 36.4 Å². The highest BCUT2D eigenvalue weighted by Gasteiger charge is 2.40. The van der Waals surface area contributed by atoms with Crippen molar-refractivity contribution in [1.82, 2.24) is 0 Å². The summed E-state index contributed by atoms with van der Waals surface area (Å²) in [4.78, 5) is 0. The third-order valence-electron chi connectivity index (χ3n) is 7.66. The van der Waals surface area contributed by atoms with Gasteiger partial charge < -0.3 is 9.47 Å². The second kappa shape index (κ2) is 9.49. The third-order valence-corrected chi connectivity index (χ3v) is 8.49. The molecule has 7 heteroatoms. The molecule has 0 amide bonds. The monoisotopic (exact) mass is 572 g/mol. The second-order valence-electron chi connectivity index (χ2n) is 9.83. The van der Waals surface area contributed by atoms with Crippen molar-refractivity contribution >= 4 is 26.7 Å². The summed E-state index contributed by atoms with van der Waals surface area (Å²) in [7, 11) is 3.24. The number of methoxy groups -OCH3 is 2. The van der Waals surface area contributed by atoms with E-state index in [4.69, 9.17) is 9.47 Å². The Bertz CT molecular complexity index is 1820. The molecule has 39 heavy (non-hydrogen) atoms. The highest BCUT2D eigenvalue weighted by atomic mass is 79.9. The Hall–Kier alpha value is -4.82. The van der Waals surface area contributed by atoms with Crippen molar-refractivity contribution in [2.45, 2.75) is 25.2 Å². The molecule has 0 fully saturated rings. The molecular formula is C32H21BrN4O2. The van der Waals surface area contributed by atoms with Crippen LogP contribution in [0.1, 0.15) is 69.8 Å². The maximum atomic E-state index is 10.4. The summed E-state index contributed by atoms with van der Waals surface area (Å²) in [6, 6.07) is 23.8. The van der Waals surface area contributed by atoms with Crippen molar-refractivity contribution < 1.29 is 9.47 Å². The first-order valence-electron chi connectivity index (χ1n) is 12.1. The Morgan fingerprint density at radius 3 is 1.64 bits per heavy atom. The molecule has 0 N–H and O–H groups in total. The molecule has 0 bridgehead atoms. The number of halogens is 1. The summed E-state index contributed by atoms with van der Waals surface area (Å²) >= 11 is 3.52. The highest BCUT2D eigenvalue weighted by Crippen LogP contribution is 2.53. The fourth-order valence-electron chi connectivity index (χ4n) is 5.77. The maximum Gasteiger partial charge on any atom is 0.119 e. The van der Waals surface area contributed by atoms with E-state index in [2.05, 4.69) is 54.1 Å². The van der Waals surface area contributed by atoms with Gasteiger partial charge in [0.1, 0.15) is 35.8 Å². The molecule has 0 spiro atoms. The molecule has 0 saturated heterocycles. The number of hydrogen-bond acceptors (Lipinski definition) is 6. The first kappa shape index (κ1) is 25.8. The molecule has 188 valence electrons. The van der Waals surface area contributed by atoms with Gasteiger partial charge in [-0.05, 0) is 90.9 Å². The lowest BCUT2D eigenvalue weighted by molar-refractivity contribution is 0.410. The van der Waals surface area contributed by atoms with E-state index in [1.54, 1.807) is 26.4 Å². The fraction of sp³-hybridized carbons (Fsp3) is 0.188. The van der Waals surface area contributed by atoms with Gasteiger partial charge >= 0.3 is 0 Å². The predicted molar refractivity (Wildman–Crippen MR) is 150 cm³/mol. The van der Waals surface area contributed by atoms with Crippen LogP contribution in [0.4, 0.5) is 0 Å². The van der Waals surface area contributed by atoms with Crippen molar-refractivity contribution in [3.8, 4) is 35.8 Å². The van der Waals surface area contributed by atoms with Crippen LogP contribution < -0.4 is 9.47 Å². The quantitative estimate of drug-likeness (QED) is 0.263. The Morgan fingerprint density at radius 2 is 1.18 bits per heavy atom. The van der Waals surface area contributed by atoms with Gasteiger partial charge in [-0.25, -0.2) is 0 Å². The maximum absolute atomic E-state index is 10.4. The minimum absolute atomic E-state index is 0.185. The highest BCUT2D eigenvalue weighted by molar-refractivity contribution is 9.10. The average Bonchev–Trinajstić information content (AvgIpc) is 2.96. The van der Waals surface area contributed by atoms with Crippen LogP contribution in [0.15, 0.2) is 53.0 Å². The molecule has 1 aliphatic rings. The molecule has 0 heterocycles. The van der Waals surface area contributed by atoms with Crippen LogP contribution in [-0.2, 0) is 5.41 Å². The number of hydrogen-bond donors (Lipinski definition) is 0. The van der Waals surface area contributed by atoms with Gasteiger partial charge in [0.2, 0.25) is 0 Å². The first-order valence-corrected chi connectivity index (χ1v) is 12.8. The largest absolute Gasteiger partial charge is 0.497 e. The van der Waals surface area contributed by atoms with Gasteiger partial charge in [0, 0.05) is 15.8 Å². The van der Waals surface area contributed by atoms with E-state index < -0.39 is 11.3 Å². The van der Waals surface area contributed by atoms with E-state index >= 15 is 0 Å². The molecule has 0 radical (unpaired) electrons. The van der Waals surface area contributed by atoms with Crippen LogP contribution in [0.2, 0.25) is 0 Å². The molecule has 0 saturated carbocycles. The molecule has 1 aliphatic carbocycles. The number of ether oxygens (including phenoxy) is 2. The number of fused-ring (bicyclic) bond motifs is 3. The van der Waals surface area contributed by atoms with Gasteiger partial charge in [0.05, 0.1) is 36.5 Å². The van der Waals surface area contributed by atoms with Crippen LogP contribution in [0.25, 0.3) is 10.8 Å². The Kier molecular flexibility index (Phi) is 6.28. The second-order valence-corrected chi connectivity index (χ2v) is 10.6.